The predicted octanol–water partition coefficient (Wildman–Crippen LogP) is 10.4. The molecule has 0 spiro atoms. The van der Waals surface area contributed by atoms with Gasteiger partial charge < -0.3 is 9.05 Å². The van der Waals surface area contributed by atoms with Crippen molar-refractivity contribution in [1.82, 2.24) is 9.05 Å². The van der Waals surface area contributed by atoms with Crippen molar-refractivity contribution < 1.29 is 0 Å². The van der Waals surface area contributed by atoms with Crippen LogP contribution in [-0.4, -0.2) is 15.9 Å². The molecule has 47 heavy (non-hydrogen) atoms. The average molecular weight is 716 g/mol. The second-order valence-electron chi connectivity index (χ2n) is 14.0. The van der Waals surface area contributed by atoms with E-state index in [0.29, 0.717) is 3.92 Å². The highest BCUT2D eigenvalue weighted by Gasteiger charge is 2.41. The maximum absolute atomic E-state index is 2.71. The SMILES string of the molecule is CCCC(I)c1ccc2c3cccc4c3n(c2c1)-c1ccccc1B4n1c2ccccc2c2ccc3c(c21)C(C)(C)c1ccccc1-3. The Labute approximate surface area is 289 Å². The zero-order chi connectivity index (χ0) is 31.6. The van der Waals surface area contributed by atoms with Gasteiger partial charge in [-0.15, -0.1) is 0 Å². The van der Waals surface area contributed by atoms with Crippen molar-refractivity contribution in [3.05, 3.63) is 138 Å². The van der Waals surface area contributed by atoms with Crippen LogP contribution < -0.4 is 10.9 Å². The van der Waals surface area contributed by atoms with Gasteiger partial charge in [-0.1, -0.05) is 153 Å². The minimum Gasteiger partial charge on any atom is -0.376 e. The number of hydrogen-bond donors (Lipinski definition) is 0. The summed E-state index contributed by atoms with van der Waals surface area (Å²) in [6, 6.07) is 46.2. The van der Waals surface area contributed by atoms with Crippen LogP contribution in [0.1, 0.15) is 54.2 Å². The van der Waals surface area contributed by atoms with Crippen LogP contribution in [0.4, 0.5) is 0 Å². The summed E-state index contributed by atoms with van der Waals surface area (Å²) in [5.74, 6) is 0. The molecule has 0 fully saturated rings. The number of benzene rings is 6. The molecular weight excluding hydrogens is 682 g/mol. The summed E-state index contributed by atoms with van der Waals surface area (Å²) in [7, 11) is 0. The molecule has 1 aliphatic carbocycles. The van der Waals surface area contributed by atoms with Crippen molar-refractivity contribution in [3.8, 4) is 16.8 Å². The zero-order valence-corrected chi connectivity index (χ0v) is 29.0. The van der Waals surface area contributed by atoms with Crippen LogP contribution in [0.3, 0.4) is 0 Å². The minimum absolute atomic E-state index is 0.0250. The summed E-state index contributed by atoms with van der Waals surface area (Å²) in [5, 5.41) is 5.33. The molecule has 0 saturated carbocycles. The summed E-state index contributed by atoms with van der Waals surface area (Å²) in [4.78, 5) is 0. The average Bonchev–Trinajstić information content (AvgIpc) is 3.69. The maximum Gasteiger partial charge on any atom is 0.332 e. The van der Waals surface area contributed by atoms with E-state index in [0.717, 1.165) is 0 Å². The molecular formula is C43H34BIN2. The van der Waals surface area contributed by atoms with Gasteiger partial charge >= 0.3 is 6.85 Å². The number of alkyl halides is 1. The lowest BCUT2D eigenvalue weighted by Gasteiger charge is -2.30. The molecule has 226 valence electrons. The zero-order valence-electron chi connectivity index (χ0n) is 26.9. The highest BCUT2D eigenvalue weighted by molar-refractivity contribution is 14.1. The highest BCUT2D eigenvalue weighted by atomic mass is 127. The molecule has 1 unspecified atom stereocenters. The first-order valence-corrected chi connectivity index (χ1v) is 18.2. The predicted molar refractivity (Wildman–Crippen MR) is 210 cm³/mol. The van der Waals surface area contributed by atoms with Gasteiger partial charge in [-0.2, -0.15) is 0 Å². The van der Waals surface area contributed by atoms with Crippen molar-refractivity contribution in [2.24, 2.45) is 0 Å². The molecule has 0 amide bonds. The Bertz CT molecular complexity index is 2600. The van der Waals surface area contributed by atoms with E-state index < -0.39 is 0 Å². The molecule has 0 N–H and O–H groups in total. The fourth-order valence-electron chi connectivity index (χ4n) is 9.18. The molecule has 0 radical (unpaired) electrons. The Hall–Kier alpha value is -4.29. The van der Waals surface area contributed by atoms with Gasteiger partial charge in [0, 0.05) is 47.6 Å². The molecule has 2 aliphatic rings. The number of rotatable bonds is 4. The van der Waals surface area contributed by atoms with Crippen LogP contribution in [0, 0.1) is 0 Å². The van der Waals surface area contributed by atoms with Crippen LogP contribution in [0.15, 0.2) is 121 Å². The van der Waals surface area contributed by atoms with Gasteiger partial charge in [0.15, 0.2) is 0 Å². The normalized spacial score (nSPS) is 15.0. The molecule has 8 aromatic rings. The van der Waals surface area contributed by atoms with Gasteiger partial charge in [-0.25, -0.2) is 0 Å². The molecule has 4 heteroatoms. The number of nitrogens with zero attached hydrogens (tertiary/aromatic N) is 2. The Morgan fingerprint density at radius 2 is 1.36 bits per heavy atom. The number of halogens is 1. The topological polar surface area (TPSA) is 9.86 Å². The largest absolute Gasteiger partial charge is 0.376 e. The van der Waals surface area contributed by atoms with Crippen molar-refractivity contribution in [2.45, 2.75) is 43.0 Å². The van der Waals surface area contributed by atoms with Crippen LogP contribution in [0.5, 0.6) is 0 Å². The maximum atomic E-state index is 2.71. The fourth-order valence-corrected chi connectivity index (χ4v) is 10.2. The Kier molecular flexibility index (Phi) is 5.83. The van der Waals surface area contributed by atoms with E-state index in [1.54, 1.807) is 0 Å². The molecule has 3 heterocycles. The number of hydrogen-bond acceptors (Lipinski definition) is 0. The van der Waals surface area contributed by atoms with E-state index in [9.17, 15) is 0 Å². The van der Waals surface area contributed by atoms with Gasteiger partial charge in [-0.3, -0.25) is 0 Å². The van der Waals surface area contributed by atoms with Gasteiger partial charge in [0.2, 0.25) is 0 Å². The van der Waals surface area contributed by atoms with Crippen molar-refractivity contribution >= 4 is 84.0 Å². The Morgan fingerprint density at radius 1 is 0.660 bits per heavy atom. The van der Waals surface area contributed by atoms with Gasteiger partial charge in [0.25, 0.3) is 0 Å². The lowest BCUT2D eigenvalue weighted by molar-refractivity contribution is 0.664. The molecule has 0 saturated heterocycles. The second kappa shape index (κ2) is 9.87. The van der Waals surface area contributed by atoms with Crippen molar-refractivity contribution in [3.63, 3.8) is 0 Å². The third kappa shape index (κ3) is 3.57. The first kappa shape index (κ1) is 27.8. The highest BCUT2D eigenvalue weighted by Crippen LogP contribution is 2.52. The van der Waals surface area contributed by atoms with Crippen LogP contribution in [-0.2, 0) is 5.41 Å². The van der Waals surface area contributed by atoms with Crippen molar-refractivity contribution in [1.29, 1.82) is 0 Å². The third-order valence-corrected chi connectivity index (χ3v) is 12.5. The summed E-state index contributed by atoms with van der Waals surface area (Å²) < 4.78 is 5.79. The third-order valence-electron chi connectivity index (χ3n) is 11.2. The van der Waals surface area contributed by atoms with Crippen LogP contribution in [0.2, 0.25) is 0 Å². The molecule has 0 bridgehead atoms. The lowest BCUT2D eigenvalue weighted by atomic mass is 9.48. The molecule has 2 aromatic heterocycles. The monoisotopic (exact) mass is 716 g/mol. The number of fused-ring (bicyclic) bond motifs is 12. The summed E-state index contributed by atoms with van der Waals surface area (Å²) in [6.07, 6.45) is 2.38. The molecule has 10 rings (SSSR count). The molecule has 1 atom stereocenters. The van der Waals surface area contributed by atoms with Crippen LogP contribution >= 0.6 is 22.6 Å². The van der Waals surface area contributed by atoms with Gasteiger partial charge in [-0.05, 0) is 63.4 Å². The second-order valence-corrected chi connectivity index (χ2v) is 15.5. The molecule has 6 aromatic carbocycles. The smallest absolute Gasteiger partial charge is 0.332 e. The Morgan fingerprint density at radius 3 is 2.26 bits per heavy atom. The molecule has 1 aliphatic heterocycles. The first-order valence-electron chi connectivity index (χ1n) is 17.0. The van der Waals surface area contributed by atoms with Gasteiger partial charge in [0.1, 0.15) is 0 Å². The Balaban J connectivity index is 1.36. The lowest BCUT2D eigenvalue weighted by Crippen LogP contribution is -2.53. The minimum atomic E-state index is -0.127. The fraction of sp³-hybridized carbons (Fsp3) is 0.163. The number of para-hydroxylation sites is 3. The van der Waals surface area contributed by atoms with Gasteiger partial charge in [0.05, 0.1) is 11.0 Å². The first-order chi connectivity index (χ1) is 23.0. The van der Waals surface area contributed by atoms with Crippen LogP contribution in [0.25, 0.3) is 60.4 Å². The van der Waals surface area contributed by atoms with E-state index in [4.69, 9.17) is 0 Å². The standard InChI is InChI=1S/C43H34BIN2/c1-4-12-36(45)26-21-22-29-31-15-11-18-35-41(31)46(39(29)25-26)38-20-10-8-17-34(38)44(35)47-37-19-9-6-14-28(37)32-24-23-30-27-13-5-7-16-33(27)43(2,3)40(30)42(32)47/h5-11,13-25,36H,4,12H2,1-3H3. The van der Waals surface area contributed by atoms with E-state index in [-0.39, 0.29) is 12.3 Å². The van der Waals surface area contributed by atoms with E-state index in [2.05, 4.69) is 174 Å². The van der Waals surface area contributed by atoms with E-state index in [1.165, 1.54) is 101 Å². The summed E-state index contributed by atoms with van der Waals surface area (Å²) >= 11 is 2.63. The van der Waals surface area contributed by atoms with E-state index in [1.807, 2.05) is 0 Å². The molecule has 2 nitrogen and oxygen atoms in total. The quantitative estimate of drug-likeness (QED) is 0.0975. The van der Waals surface area contributed by atoms with E-state index >= 15 is 0 Å². The summed E-state index contributed by atoms with van der Waals surface area (Å²) in [5.41, 5.74) is 16.2. The summed E-state index contributed by atoms with van der Waals surface area (Å²) in [6.45, 7) is 7.15. The number of aromatic nitrogens is 2. The van der Waals surface area contributed by atoms with Crippen molar-refractivity contribution in [2.75, 3.05) is 0 Å².